The summed E-state index contributed by atoms with van der Waals surface area (Å²) in [6.07, 6.45) is 2.99. The molecular formula is C8H13BrN4O2S. The van der Waals surface area contributed by atoms with Crippen molar-refractivity contribution >= 4 is 31.8 Å². The Morgan fingerprint density at radius 1 is 1.50 bits per heavy atom. The molecule has 0 unspecified atom stereocenters. The first kappa shape index (κ1) is 13.3. The van der Waals surface area contributed by atoms with Crippen LogP contribution in [0.15, 0.2) is 17.0 Å². The van der Waals surface area contributed by atoms with E-state index in [-0.39, 0.29) is 5.75 Å². The van der Waals surface area contributed by atoms with Gasteiger partial charge in [-0.05, 0) is 15.9 Å². The molecule has 1 aromatic rings. The van der Waals surface area contributed by atoms with Gasteiger partial charge in [0.05, 0.1) is 10.2 Å². The van der Waals surface area contributed by atoms with E-state index in [2.05, 4.69) is 31.2 Å². The van der Waals surface area contributed by atoms with Gasteiger partial charge in [-0.25, -0.2) is 22.7 Å². The highest BCUT2D eigenvalue weighted by molar-refractivity contribution is 9.10. The summed E-state index contributed by atoms with van der Waals surface area (Å²) in [5.74, 6) is 0.611. The number of anilines is 1. The van der Waals surface area contributed by atoms with E-state index in [0.717, 1.165) is 0 Å². The van der Waals surface area contributed by atoms with Crippen molar-refractivity contribution < 1.29 is 8.42 Å². The zero-order chi connectivity index (χ0) is 12.2. The standard InChI is InChI=1S/C8H13BrN4O2S/c1-13(2)16(14,15)4-3-11-8-7(9)5-10-6-12-8/h5-6H,3-4H2,1-2H3,(H,10,11,12). The van der Waals surface area contributed by atoms with E-state index in [4.69, 9.17) is 0 Å². The van der Waals surface area contributed by atoms with Crippen LogP contribution in [0.4, 0.5) is 5.82 Å². The van der Waals surface area contributed by atoms with Crippen molar-refractivity contribution in [2.24, 2.45) is 0 Å². The average Bonchev–Trinajstić information content (AvgIpc) is 2.20. The van der Waals surface area contributed by atoms with E-state index in [1.54, 1.807) is 6.20 Å². The molecule has 16 heavy (non-hydrogen) atoms. The van der Waals surface area contributed by atoms with E-state index >= 15 is 0 Å². The summed E-state index contributed by atoms with van der Waals surface area (Å²) in [5.41, 5.74) is 0. The molecule has 1 rings (SSSR count). The number of nitrogens with zero attached hydrogens (tertiary/aromatic N) is 3. The normalized spacial score (nSPS) is 11.8. The lowest BCUT2D eigenvalue weighted by atomic mass is 10.5. The summed E-state index contributed by atoms with van der Waals surface area (Å²) in [4.78, 5) is 7.77. The predicted octanol–water partition coefficient (Wildman–Crippen LogP) is 0.542. The Bertz CT molecular complexity index is 449. The molecule has 0 spiro atoms. The zero-order valence-corrected chi connectivity index (χ0v) is 11.4. The second kappa shape index (κ2) is 5.55. The van der Waals surface area contributed by atoms with Crippen LogP contribution < -0.4 is 5.32 Å². The molecule has 0 aromatic carbocycles. The number of hydrogen-bond acceptors (Lipinski definition) is 5. The topological polar surface area (TPSA) is 75.2 Å². The van der Waals surface area contributed by atoms with Gasteiger partial charge in [-0.1, -0.05) is 0 Å². The van der Waals surface area contributed by atoms with Gasteiger partial charge in [0, 0.05) is 26.8 Å². The smallest absolute Gasteiger partial charge is 0.215 e. The molecule has 8 heteroatoms. The third kappa shape index (κ3) is 3.69. The maximum Gasteiger partial charge on any atom is 0.215 e. The van der Waals surface area contributed by atoms with Crippen LogP contribution in [0.5, 0.6) is 0 Å². The van der Waals surface area contributed by atoms with Crippen molar-refractivity contribution in [2.75, 3.05) is 31.7 Å². The van der Waals surface area contributed by atoms with Gasteiger partial charge in [0.15, 0.2) is 0 Å². The SMILES string of the molecule is CN(C)S(=O)(=O)CCNc1ncncc1Br. The Morgan fingerprint density at radius 3 is 2.75 bits per heavy atom. The molecule has 1 heterocycles. The summed E-state index contributed by atoms with van der Waals surface area (Å²) < 4.78 is 24.8. The lowest BCUT2D eigenvalue weighted by Gasteiger charge is -2.12. The maximum atomic E-state index is 11.4. The molecule has 0 amide bonds. The van der Waals surface area contributed by atoms with Crippen LogP contribution in [0.25, 0.3) is 0 Å². The molecule has 1 N–H and O–H groups in total. The van der Waals surface area contributed by atoms with Crippen molar-refractivity contribution in [3.05, 3.63) is 17.0 Å². The van der Waals surface area contributed by atoms with E-state index in [9.17, 15) is 8.42 Å². The molecule has 0 aliphatic rings. The first-order valence-electron chi connectivity index (χ1n) is 4.53. The predicted molar refractivity (Wildman–Crippen MR) is 65.7 cm³/mol. The fraction of sp³-hybridized carbons (Fsp3) is 0.500. The van der Waals surface area contributed by atoms with Crippen LogP contribution in [0.3, 0.4) is 0 Å². The van der Waals surface area contributed by atoms with Crippen LogP contribution in [-0.2, 0) is 10.0 Å². The highest BCUT2D eigenvalue weighted by Gasteiger charge is 2.13. The minimum Gasteiger partial charge on any atom is -0.368 e. The fourth-order valence-electron chi connectivity index (χ4n) is 0.924. The second-order valence-corrected chi connectivity index (χ2v) is 6.40. The number of hydrogen-bond donors (Lipinski definition) is 1. The molecule has 90 valence electrons. The number of nitrogens with one attached hydrogen (secondary N) is 1. The van der Waals surface area contributed by atoms with Crippen molar-refractivity contribution in [3.8, 4) is 0 Å². The van der Waals surface area contributed by atoms with Gasteiger partial charge >= 0.3 is 0 Å². The highest BCUT2D eigenvalue weighted by atomic mass is 79.9. The fourth-order valence-corrected chi connectivity index (χ4v) is 2.01. The second-order valence-electron chi connectivity index (χ2n) is 3.24. The lowest BCUT2D eigenvalue weighted by Crippen LogP contribution is -2.28. The third-order valence-electron chi connectivity index (χ3n) is 1.88. The molecular weight excluding hydrogens is 296 g/mol. The van der Waals surface area contributed by atoms with Crippen molar-refractivity contribution in [1.82, 2.24) is 14.3 Å². The monoisotopic (exact) mass is 308 g/mol. The lowest BCUT2D eigenvalue weighted by molar-refractivity contribution is 0.521. The summed E-state index contributed by atoms with van der Waals surface area (Å²) in [7, 11) is -0.149. The van der Waals surface area contributed by atoms with Crippen molar-refractivity contribution in [1.29, 1.82) is 0 Å². The van der Waals surface area contributed by atoms with Crippen LogP contribution in [0.1, 0.15) is 0 Å². The third-order valence-corrected chi connectivity index (χ3v) is 4.29. The molecule has 0 saturated carbocycles. The number of sulfonamides is 1. The Morgan fingerprint density at radius 2 is 2.19 bits per heavy atom. The van der Waals surface area contributed by atoms with Gasteiger partial charge in [-0.15, -0.1) is 0 Å². The number of rotatable bonds is 5. The number of halogens is 1. The van der Waals surface area contributed by atoms with Crippen molar-refractivity contribution in [3.63, 3.8) is 0 Å². The Kier molecular flexibility index (Phi) is 4.63. The first-order valence-corrected chi connectivity index (χ1v) is 6.93. The first-order chi connectivity index (χ1) is 7.43. The summed E-state index contributed by atoms with van der Waals surface area (Å²) in [6, 6.07) is 0. The molecule has 6 nitrogen and oxygen atoms in total. The Balaban J connectivity index is 2.52. The van der Waals surface area contributed by atoms with Crippen molar-refractivity contribution in [2.45, 2.75) is 0 Å². The van der Waals surface area contributed by atoms with E-state index in [1.165, 1.54) is 24.7 Å². The quantitative estimate of drug-likeness (QED) is 0.859. The van der Waals surface area contributed by atoms with Gasteiger partial charge in [0.25, 0.3) is 0 Å². The van der Waals surface area contributed by atoms with E-state index < -0.39 is 10.0 Å². The zero-order valence-electron chi connectivity index (χ0n) is 9.01. The molecule has 0 aliphatic heterocycles. The average molecular weight is 309 g/mol. The number of aromatic nitrogens is 2. The summed E-state index contributed by atoms with van der Waals surface area (Å²) >= 11 is 3.26. The van der Waals surface area contributed by atoms with Gasteiger partial charge < -0.3 is 5.32 Å². The van der Waals surface area contributed by atoms with Gasteiger partial charge in [-0.3, -0.25) is 0 Å². The van der Waals surface area contributed by atoms with Crippen LogP contribution in [0.2, 0.25) is 0 Å². The Labute approximate surface area is 103 Å². The molecule has 0 fully saturated rings. The summed E-state index contributed by atoms with van der Waals surface area (Å²) in [6.45, 7) is 0.302. The Hall–Kier alpha value is -0.730. The minimum absolute atomic E-state index is 0.0242. The van der Waals surface area contributed by atoms with Gasteiger partial charge in [-0.2, -0.15) is 0 Å². The molecule has 1 aromatic heterocycles. The molecule has 0 atom stereocenters. The molecule has 0 aliphatic carbocycles. The van der Waals surface area contributed by atoms with Crippen LogP contribution in [0, 0.1) is 0 Å². The summed E-state index contributed by atoms with van der Waals surface area (Å²) in [5, 5.41) is 2.92. The molecule has 0 radical (unpaired) electrons. The minimum atomic E-state index is -3.17. The molecule has 0 saturated heterocycles. The van der Waals surface area contributed by atoms with Crippen LogP contribution >= 0.6 is 15.9 Å². The maximum absolute atomic E-state index is 11.4. The van der Waals surface area contributed by atoms with Gasteiger partial charge in [0.2, 0.25) is 10.0 Å². The van der Waals surface area contributed by atoms with Gasteiger partial charge in [0.1, 0.15) is 12.1 Å². The molecule has 0 bridgehead atoms. The van der Waals surface area contributed by atoms with E-state index in [0.29, 0.717) is 16.8 Å². The largest absolute Gasteiger partial charge is 0.368 e. The highest BCUT2D eigenvalue weighted by Crippen LogP contribution is 2.16. The van der Waals surface area contributed by atoms with E-state index in [1.807, 2.05) is 0 Å². The van der Waals surface area contributed by atoms with Crippen LogP contribution in [-0.4, -0.2) is 49.1 Å².